The Morgan fingerprint density at radius 2 is 1.92 bits per heavy atom. The first-order chi connectivity index (χ1) is 11.8. The van der Waals surface area contributed by atoms with E-state index in [0.717, 1.165) is 4.90 Å². The summed E-state index contributed by atoms with van der Waals surface area (Å²) in [5.41, 5.74) is -0.406. The van der Waals surface area contributed by atoms with Crippen molar-refractivity contribution < 1.29 is 24.3 Å². The maximum Gasteiger partial charge on any atom is 0.353 e. The lowest BCUT2D eigenvalue weighted by molar-refractivity contribution is -0.146. The van der Waals surface area contributed by atoms with Crippen LogP contribution in [0, 0.1) is 0 Å². The van der Waals surface area contributed by atoms with Gasteiger partial charge in [-0.15, -0.1) is 11.8 Å². The van der Waals surface area contributed by atoms with E-state index in [1.54, 1.807) is 0 Å². The molecule has 2 heterocycles. The zero-order valence-corrected chi connectivity index (χ0v) is 17.3. The van der Waals surface area contributed by atoms with Crippen LogP contribution in [0.1, 0.15) is 13.3 Å². The Bertz CT molecular complexity index is 636. The van der Waals surface area contributed by atoms with Crippen molar-refractivity contribution in [1.82, 2.24) is 15.1 Å². The van der Waals surface area contributed by atoms with Crippen LogP contribution < -0.4 is 5.32 Å². The number of halogens is 2. The molecule has 0 aliphatic carbocycles. The van der Waals surface area contributed by atoms with Crippen LogP contribution >= 0.6 is 43.6 Å². The molecular weight excluding hydrogens is 482 g/mol. The predicted molar refractivity (Wildman–Crippen MR) is 99.3 cm³/mol. The van der Waals surface area contributed by atoms with Gasteiger partial charge >= 0.3 is 5.97 Å². The van der Waals surface area contributed by atoms with E-state index < -0.39 is 17.3 Å². The molecule has 2 N–H and O–H groups in total. The van der Waals surface area contributed by atoms with Gasteiger partial charge in [0.1, 0.15) is 11.1 Å². The third-order valence-corrected chi connectivity index (χ3v) is 5.75. The average molecular weight is 499 g/mol. The first kappa shape index (κ1) is 20.2. The number of amides is 3. The highest BCUT2D eigenvalue weighted by Crippen LogP contribution is 2.43. The largest absolute Gasteiger partial charge is 0.477 e. The Labute approximate surface area is 165 Å². The Morgan fingerprint density at radius 3 is 2.36 bits per heavy atom. The lowest BCUT2D eigenvalue weighted by Crippen LogP contribution is -2.59. The minimum atomic E-state index is -1.35. The van der Waals surface area contributed by atoms with Gasteiger partial charge in [-0.25, -0.2) is 4.79 Å². The van der Waals surface area contributed by atoms with E-state index in [9.17, 15) is 24.3 Å². The molecule has 3 amide bonds. The molecule has 1 unspecified atom stereocenters. The topological polar surface area (TPSA) is 107 Å². The molecule has 0 spiro atoms. The summed E-state index contributed by atoms with van der Waals surface area (Å²) >= 11 is 7.75. The summed E-state index contributed by atoms with van der Waals surface area (Å²) in [4.78, 5) is 50.9. The first-order valence-corrected chi connectivity index (χ1v) is 10.6. The van der Waals surface area contributed by atoms with E-state index in [1.807, 2.05) is 0 Å². The SMILES string of the molecule is CC(=O)NC1S[C@H]2CC(=O)N2C(C(=O)O)=C1C(=O)N(CCBr)CCBr. The number of nitrogens with zero attached hydrogens (tertiary/aromatic N) is 2. The lowest BCUT2D eigenvalue weighted by atomic mass is 10.0. The number of thioether (sulfide) groups is 1. The van der Waals surface area contributed by atoms with Crippen molar-refractivity contribution in [2.24, 2.45) is 0 Å². The van der Waals surface area contributed by atoms with Gasteiger partial charge in [-0.3, -0.25) is 19.3 Å². The molecule has 0 radical (unpaired) electrons. The van der Waals surface area contributed by atoms with Crippen molar-refractivity contribution >= 4 is 67.3 Å². The van der Waals surface area contributed by atoms with Crippen molar-refractivity contribution in [1.29, 1.82) is 0 Å². The summed E-state index contributed by atoms with van der Waals surface area (Å²) in [7, 11) is 0. The van der Waals surface area contributed by atoms with Crippen LogP contribution in [0.4, 0.5) is 0 Å². The number of nitrogens with one attached hydrogen (secondary N) is 1. The zero-order valence-electron chi connectivity index (χ0n) is 13.3. The van der Waals surface area contributed by atoms with Gasteiger partial charge in [0.05, 0.1) is 17.4 Å². The first-order valence-electron chi connectivity index (χ1n) is 7.45. The number of aliphatic carboxylic acids is 1. The van der Waals surface area contributed by atoms with E-state index >= 15 is 0 Å². The molecule has 0 aromatic heterocycles. The molecule has 2 aliphatic rings. The minimum absolute atomic E-state index is 0.0705. The zero-order chi connectivity index (χ0) is 18.7. The fourth-order valence-corrected chi connectivity index (χ4v) is 4.99. The number of alkyl halides is 2. The quantitative estimate of drug-likeness (QED) is 0.395. The number of carboxylic acids is 1. The molecule has 0 aromatic carbocycles. The van der Waals surface area contributed by atoms with Crippen LogP contribution in [-0.2, 0) is 19.2 Å². The highest BCUT2D eigenvalue weighted by Gasteiger charge is 2.50. The Balaban J connectivity index is 2.51. The van der Waals surface area contributed by atoms with E-state index in [-0.39, 0.29) is 34.9 Å². The molecule has 138 valence electrons. The molecular formula is C14H17Br2N3O5S. The van der Waals surface area contributed by atoms with Crippen molar-refractivity contribution in [3.63, 3.8) is 0 Å². The summed E-state index contributed by atoms with van der Waals surface area (Å²) < 4.78 is 0. The second-order valence-corrected chi connectivity index (χ2v) is 8.25. The number of hydrogen-bond donors (Lipinski definition) is 2. The normalized spacial score (nSPS) is 22.2. The monoisotopic (exact) mass is 497 g/mol. The van der Waals surface area contributed by atoms with Gasteiger partial charge in [0, 0.05) is 30.7 Å². The molecule has 8 nitrogen and oxygen atoms in total. The van der Waals surface area contributed by atoms with E-state index in [2.05, 4.69) is 37.2 Å². The molecule has 1 fully saturated rings. The van der Waals surface area contributed by atoms with Crippen LogP contribution in [-0.4, -0.2) is 73.1 Å². The lowest BCUT2D eigenvalue weighted by Gasteiger charge is -2.46. The fraction of sp³-hybridized carbons (Fsp3) is 0.571. The highest BCUT2D eigenvalue weighted by molar-refractivity contribution is 9.09. The number of carbonyl (C=O) groups is 4. The number of carbonyl (C=O) groups excluding carboxylic acids is 3. The van der Waals surface area contributed by atoms with Crippen LogP contribution in [0.25, 0.3) is 0 Å². The molecule has 0 saturated carbocycles. The Kier molecular flexibility index (Phi) is 6.92. The summed E-state index contributed by atoms with van der Waals surface area (Å²) in [5, 5.41) is 12.1. The van der Waals surface area contributed by atoms with Gasteiger partial charge in [-0.2, -0.15) is 0 Å². The maximum atomic E-state index is 13.0. The highest BCUT2D eigenvalue weighted by atomic mass is 79.9. The number of β-lactam (4-membered cyclic amide) rings is 1. The number of fused-ring (bicyclic) bond motifs is 1. The maximum absolute atomic E-state index is 13.0. The van der Waals surface area contributed by atoms with Crippen LogP contribution in [0.15, 0.2) is 11.3 Å². The third kappa shape index (κ3) is 4.20. The van der Waals surface area contributed by atoms with Crippen molar-refractivity contribution in [3.8, 4) is 0 Å². The summed E-state index contributed by atoms with van der Waals surface area (Å²) in [5.74, 6) is -2.57. The molecule has 2 atom stereocenters. The fourth-order valence-electron chi connectivity index (χ4n) is 2.66. The van der Waals surface area contributed by atoms with Crippen molar-refractivity contribution in [3.05, 3.63) is 11.3 Å². The van der Waals surface area contributed by atoms with Crippen molar-refractivity contribution in [2.45, 2.75) is 24.1 Å². The van der Waals surface area contributed by atoms with Gasteiger partial charge in [-0.1, -0.05) is 31.9 Å². The molecule has 25 heavy (non-hydrogen) atoms. The van der Waals surface area contributed by atoms with Gasteiger partial charge in [0.15, 0.2) is 0 Å². The molecule has 0 aromatic rings. The van der Waals surface area contributed by atoms with Crippen LogP contribution in [0.3, 0.4) is 0 Å². The average Bonchev–Trinajstić information content (AvgIpc) is 2.52. The van der Waals surface area contributed by atoms with E-state index in [0.29, 0.717) is 23.7 Å². The van der Waals surface area contributed by atoms with Crippen molar-refractivity contribution in [2.75, 3.05) is 23.7 Å². The van der Waals surface area contributed by atoms with Crippen LogP contribution in [0.5, 0.6) is 0 Å². The summed E-state index contributed by atoms with van der Waals surface area (Å²) in [6, 6.07) is 0. The predicted octanol–water partition coefficient (Wildman–Crippen LogP) is 0.711. The minimum Gasteiger partial charge on any atom is -0.477 e. The number of carboxylic acid groups (broad SMARTS) is 1. The Hall–Kier alpha value is -1.07. The molecule has 0 bridgehead atoms. The van der Waals surface area contributed by atoms with E-state index in [1.165, 1.54) is 23.6 Å². The van der Waals surface area contributed by atoms with Gasteiger partial charge in [-0.05, 0) is 0 Å². The van der Waals surface area contributed by atoms with Gasteiger partial charge in [0.25, 0.3) is 5.91 Å². The number of rotatable bonds is 7. The number of hydrogen-bond acceptors (Lipinski definition) is 5. The van der Waals surface area contributed by atoms with Gasteiger partial charge in [0.2, 0.25) is 11.8 Å². The Morgan fingerprint density at radius 1 is 1.32 bits per heavy atom. The smallest absolute Gasteiger partial charge is 0.353 e. The molecule has 2 rings (SSSR count). The summed E-state index contributed by atoms with van der Waals surface area (Å²) in [6.45, 7) is 2.04. The summed E-state index contributed by atoms with van der Waals surface area (Å²) in [6.07, 6.45) is 0.186. The molecule has 1 saturated heterocycles. The van der Waals surface area contributed by atoms with Gasteiger partial charge < -0.3 is 15.3 Å². The molecule has 11 heteroatoms. The van der Waals surface area contributed by atoms with E-state index in [4.69, 9.17) is 0 Å². The third-order valence-electron chi connectivity index (χ3n) is 3.72. The second-order valence-electron chi connectivity index (χ2n) is 5.38. The molecule has 2 aliphatic heterocycles. The second kappa shape index (κ2) is 8.54. The standard InChI is InChI=1S/C14H17Br2N3O5S/c1-7(20)17-12-10(13(22)18(4-2-15)5-3-16)11(14(23)24)19-8(21)6-9(19)25-12/h9,12H,2-6H2,1H3,(H,17,20)(H,23,24)/t9-,12?/m0/s1. The van der Waals surface area contributed by atoms with Crippen LogP contribution in [0.2, 0.25) is 0 Å².